The predicted octanol–water partition coefficient (Wildman–Crippen LogP) is 3.37. The lowest BCUT2D eigenvalue weighted by Crippen LogP contribution is -2.31. The van der Waals surface area contributed by atoms with E-state index >= 15 is 0 Å². The summed E-state index contributed by atoms with van der Waals surface area (Å²) in [5, 5.41) is 5.40. The van der Waals surface area contributed by atoms with Crippen molar-refractivity contribution < 1.29 is 4.79 Å². The fourth-order valence-electron chi connectivity index (χ4n) is 2.72. The van der Waals surface area contributed by atoms with Gasteiger partial charge >= 0.3 is 0 Å². The summed E-state index contributed by atoms with van der Waals surface area (Å²) < 4.78 is 2.18. The first-order chi connectivity index (χ1) is 12.5. The van der Waals surface area contributed by atoms with Gasteiger partial charge in [-0.05, 0) is 43.3 Å². The molecule has 1 aliphatic rings. The number of benzene rings is 2. The van der Waals surface area contributed by atoms with Gasteiger partial charge in [-0.3, -0.25) is 14.5 Å². The Balaban J connectivity index is 1.85. The normalized spacial score (nSPS) is 16.0. The van der Waals surface area contributed by atoms with Gasteiger partial charge < -0.3 is 0 Å². The smallest absolute Gasteiger partial charge is 0.273 e. The van der Waals surface area contributed by atoms with Crippen LogP contribution >= 0.6 is 27.7 Å². The van der Waals surface area contributed by atoms with Crippen LogP contribution in [0.5, 0.6) is 0 Å². The Morgan fingerprint density at radius 1 is 1.12 bits per heavy atom. The van der Waals surface area contributed by atoms with Crippen molar-refractivity contribution in [3.8, 4) is 0 Å². The highest BCUT2D eigenvalue weighted by Crippen LogP contribution is 2.28. The molecule has 3 aromatic rings. The minimum Gasteiger partial charge on any atom is -0.273 e. The van der Waals surface area contributed by atoms with E-state index in [0.717, 1.165) is 4.47 Å². The number of aryl methyl sites for hydroxylation is 1. The highest BCUT2D eigenvalue weighted by Gasteiger charge is 2.30. The molecule has 0 atom stereocenters. The maximum Gasteiger partial charge on any atom is 0.282 e. The molecular formula is C18H13BrN4O2S. The van der Waals surface area contributed by atoms with Crippen LogP contribution in [-0.4, -0.2) is 26.5 Å². The molecule has 1 amide bonds. The van der Waals surface area contributed by atoms with Gasteiger partial charge in [-0.2, -0.15) is 4.68 Å². The molecule has 130 valence electrons. The Morgan fingerprint density at radius 2 is 1.85 bits per heavy atom. The van der Waals surface area contributed by atoms with Crippen molar-refractivity contribution in [1.29, 1.82) is 0 Å². The fraction of sp³-hybridized carbons (Fsp3) is 0.111. The van der Waals surface area contributed by atoms with Crippen LogP contribution in [-0.2, 0) is 4.79 Å². The van der Waals surface area contributed by atoms with E-state index in [0.29, 0.717) is 27.6 Å². The fourth-order valence-corrected chi connectivity index (χ4v) is 3.84. The molecule has 6 nitrogen and oxygen atoms in total. The van der Waals surface area contributed by atoms with Crippen molar-refractivity contribution in [3.63, 3.8) is 0 Å². The van der Waals surface area contributed by atoms with E-state index in [-0.39, 0.29) is 17.2 Å². The van der Waals surface area contributed by atoms with Gasteiger partial charge in [-0.15, -0.1) is 5.10 Å². The SMILES string of the molecule is Cc1nc2ccccc2c(=O)n1/N=C1/SCC(=O)N1c1ccc(Br)cc1. The second-order valence-electron chi connectivity index (χ2n) is 5.67. The highest BCUT2D eigenvalue weighted by molar-refractivity contribution is 9.10. The number of amides is 1. The van der Waals surface area contributed by atoms with E-state index in [2.05, 4.69) is 26.0 Å². The molecule has 1 aliphatic heterocycles. The van der Waals surface area contributed by atoms with Crippen molar-refractivity contribution in [2.75, 3.05) is 10.7 Å². The number of carbonyl (C=O) groups is 1. The zero-order valence-corrected chi connectivity index (χ0v) is 16.1. The van der Waals surface area contributed by atoms with Crippen LogP contribution in [0.3, 0.4) is 0 Å². The molecule has 26 heavy (non-hydrogen) atoms. The van der Waals surface area contributed by atoms with E-state index in [1.807, 2.05) is 30.3 Å². The number of fused-ring (bicyclic) bond motifs is 1. The number of hydrogen-bond donors (Lipinski definition) is 0. The van der Waals surface area contributed by atoms with Crippen molar-refractivity contribution in [2.24, 2.45) is 5.10 Å². The van der Waals surface area contributed by atoms with Gasteiger partial charge in [0.25, 0.3) is 5.56 Å². The summed E-state index contributed by atoms with van der Waals surface area (Å²) in [6.07, 6.45) is 0. The number of hydrogen-bond acceptors (Lipinski definition) is 5. The number of para-hydroxylation sites is 1. The lowest BCUT2D eigenvalue weighted by atomic mass is 10.2. The van der Waals surface area contributed by atoms with Crippen LogP contribution < -0.4 is 10.5 Å². The summed E-state index contributed by atoms with van der Waals surface area (Å²) in [6.45, 7) is 1.73. The molecule has 0 radical (unpaired) electrons. The molecule has 1 fully saturated rings. The van der Waals surface area contributed by atoms with Gasteiger partial charge in [0.15, 0.2) is 5.17 Å². The summed E-state index contributed by atoms with van der Waals surface area (Å²) in [7, 11) is 0. The van der Waals surface area contributed by atoms with Gasteiger partial charge in [0.05, 0.1) is 22.3 Å². The number of aromatic nitrogens is 2. The molecule has 1 saturated heterocycles. The monoisotopic (exact) mass is 428 g/mol. The Kier molecular flexibility index (Phi) is 4.37. The number of rotatable bonds is 2. The first kappa shape index (κ1) is 17.0. The molecule has 1 aromatic heterocycles. The number of carbonyl (C=O) groups excluding carboxylic acids is 1. The third-order valence-electron chi connectivity index (χ3n) is 3.95. The van der Waals surface area contributed by atoms with E-state index in [4.69, 9.17) is 0 Å². The number of nitrogens with zero attached hydrogens (tertiary/aromatic N) is 4. The molecule has 2 heterocycles. The lowest BCUT2D eigenvalue weighted by molar-refractivity contribution is -0.115. The summed E-state index contributed by atoms with van der Waals surface area (Å²) in [6, 6.07) is 14.5. The third-order valence-corrected chi connectivity index (χ3v) is 5.39. The van der Waals surface area contributed by atoms with Crippen LogP contribution in [0, 0.1) is 6.92 Å². The van der Waals surface area contributed by atoms with E-state index in [9.17, 15) is 9.59 Å². The Morgan fingerprint density at radius 3 is 2.62 bits per heavy atom. The van der Waals surface area contributed by atoms with Crippen molar-refractivity contribution in [3.05, 3.63) is 69.2 Å². The van der Waals surface area contributed by atoms with Gasteiger partial charge in [0.2, 0.25) is 5.91 Å². The zero-order chi connectivity index (χ0) is 18.3. The molecule has 0 saturated carbocycles. The van der Waals surface area contributed by atoms with Gasteiger partial charge in [-0.1, -0.05) is 39.8 Å². The first-order valence-corrected chi connectivity index (χ1v) is 9.61. The van der Waals surface area contributed by atoms with Crippen LogP contribution in [0.2, 0.25) is 0 Å². The molecular weight excluding hydrogens is 416 g/mol. The average Bonchev–Trinajstić information content (AvgIpc) is 3.00. The Bertz CT molecular complexity index is 1110. The summed E-state index contributed by atoms with van der Waals surface area (Å²) in [5.74, 6) is 0.677. The van der Waals surface area contributed by atoms with Crippen LogP contribution in [0.4, 0.5) is 5.69 Å². The number of anilines is 1. The highest BCUT2D eigenvalue weighted by atomic mass is 79.9. The zero-order valence-electron chi connectivity index (χ0n) is 13.7. The van der Waals surface area contributed by atoms with Crippen LogP contribution in [0.25, 0.3) is 10.9 Å². The van der Waals surface area contributed by atoms with Gasteiger partial charge in [0, 0.05) is 4.47 Å². The molecule has 0 N–H and O–H groups in total. The number of amidine groups is 1. The third kappa shape index (κ3) is 2.95. The van der Waals surface area contributed by atoms with Gasteiger partial charge in [0.1, 0.15) is 5.82 Å². The lowest BCUT2D eigenvalue weighted by Gasteiger charge is -2.16. The predicted molar refractivity (Wildman–Crippen MR) is 108 cm³/mol. The average molecular weight is 429 g/mol. The van der Waals surface area contributed by atoms with Crippen LogP contribution in [0.15, 0.2) is 62.9 Å². The summed E-state index contributed by atoms with van der Waals surface area (Å²) in [5.41, 5.74) is 1.09. The Labute approximate surface area is 161 Å². The van der Waals surface area contributed by atoms with E-state index in [1.165, 1.54) is 21.3 Å². The van der Waals surface area contributed by atoms with Gasteiger partial charge in [-0.25, -0.2) is 4.98 Å². The minimum absolute atomic E-state index is 0.0736. The maximum absolute atomic E-state index is 12.8. The van der Waals surface area contributed by atoms with Crippen molar-refractivity contribution >= 4 is 55.4 Å². The second kappa shape index (κ2) is 6.69. The molecule has 0 bridgehead atoms. The molecule has 0 unspecified atom stereocenters. The largest absolute Gasteiger partial charge is 0.282 e. The van der Waals surface area contributed by atoms with Crippen molar-refractivity contribution in [2.45, 2.75) is 6.92 Å². The molecule has 2 aromatic carbocycles. The summed E-state index contributed by atoms with van der Waals surface area (Å²) >= 11 is 4.69. The van der Waals surface area contributed by atoms with Crippen molar-refractivity contribution in [1.82, 2.24) is 9.66 Å². The standard InChI is InChI=1S/C18H13BrN4O2S/c1-11-20-15-5-3-2-4-14(15)17(25)23(11)21-18-22(16(24)10-26-18)13-8-6-12(19)7-9-13/h2-9H,10H2,1H3/b21-18+. The molecule has 4 rings (SSSR count). The van der Waals surface area contributed by atoms with E-state index in [1.54, 1.807) is 25.1 Å². The van der Waals surface area contributed by atoms with E-state index < -0.39 is 0 Å². The first-order valence-electron chi connectivity index (χ1n) is 7.83. The minimum atomic E-state index is -0.253. The second-order valence-corrected chi connectivity index (χ2v) is 7.53. The van der Waals surface area contributed by atoms with Crippen LogP contribution in [0.1, 0.15) is 5.82 Å². The maximum atomic E-state index is 12.8. The Hall–Kier alpha value is -2.45. The number of halogens is 1. The molecule has 0 aliphatic carbocycles. The summed E-state index contributed by atoms with van der Waals surface area (Å²) in [4.78, 5) is 31.1. The number of thioether (sulfide) groups is 1. The quantitative estimate of drug-likeness (QED) is 0.627. The topological polar surface area (TPSA) is 67.6 Å². The molecule has 8 heteroatoms. The molecule has 0 spiro atoms.